The minimum Gasteiger partial charge on any atom is -0.355 e. The minimum absolute atomic E-state index is 0.167. The number of anilines is 2. The van der Waals surface area contributed by atoms with Crippen molar-refractivity contribution in [2.24, 2.45) is 0 Å². The van der Waals surface area contributed by atoms with Crippen molar-refractivity contribution >= 4 is 27.3 Å². The molecule has 0 bridgehead atoms. The minimum atomic E-state index is -3.65. The molecule has 4 aromatic rings. The Morgan fingerprint density at radius 1 is 0.939 bits per heavy atom. The number of rotatable bonds is 5. The SMILES string of the molecule is O=C(Nc1ccc2c(c1)CCCN2S(=O)(=O)c1ccccc1)c1cc(-c2ccccc2)on1. The molecule has 0 unspecified atom stereocenters. The van der Waals surface area contributed by atoms with Gasteiger partial charge in [0.25, 0.3) is 15.9 Å². The maximum absolute atomic E-state index is 13.2. The molecule has 1 aliphatic heterocycles. The number of nitrogens with one attached hydrogen (secondary N) is 1. The number of nitrogens with zero attached hydrogens (tertiary/aromatic N) is 2. The molecule has 0 fully saturated rings. The fraction of sp³-hybridized carbons (Fsp3) is 0.120. The van der Waals surface area contributed by atoms with Crippen LogP contribution in [0.1, 0.15) is 22.5 Å². The summed E-state index contributed by atoms with van der Waals surface area (Å²) in [4.78, 5) is 13.0. The van der Waals surface area contributed by atoms with Crippen LogP contribution in [0.3, 0.4) is 0 Å². The van der Waals surface area contributed by atoms with Gasteiger partial charge in [-0.2, -0.15) is 0 Å². The highest BCUT2D eigenvalue weighted by Crippen LogP contribution is 2.34. The van der Waals surface area contributed by atoms with Gasteiger partial charge >= 0.3 is 0 Å². The van der Waals surface area contributed by atoms with Crippen LogP contribution in [0.15, 0.2) is 94.3 Å². The zero-order valence-electron chi connectivity index (χ0n) is 17.6. The summed E-state index contributed by atoms with van der Waals surface area (Å²) < 4.78 is 33.1. The van der Waals surface area contributed by atoms with Gasteiger partial charge < -0.3 is 9.84 Å². The Morgan fingerprint density at radius 3 is 2.42 bits per heavy atom. The highest BCUT2D eigenvalue weighted by molar-refractivity contribution is 7.92. The van der Waals surface area contributed by atoms with Crippen LogP contribution in [-0.2, 0) is 16.4 Å². The number of carbonyl (C=O) groups excluding carboxylic acids is 1. The number of hydrogen-bond donors (Lipinski definition) is 1. The molecule has 5 rings (SSSR count). The first-order valence-electron chi connectivity index (χ1n) is 10.6. The van der Waals surface area contributed by atoms with Crippen molar-refractivity contribution in [2.75, 3.05) is 16.2 Å². The Balaban J connectivity index is 1.37. The van der Waals surface area contributed by atoms with Crippen molar-refractivity contribution in [3.05, 3.63) is 96.2 Å². The zero-order valence-corrected chi connectivity index (χ0v) is 18.5. The lowest BCUT2D eigenvalue weighted by atomic mass is 10.0. The summed E-state index contributed by atoms with van der Waals surface area (Å²) in [6, 6.07) is 24.7. The fourth-order valence-corrected chi connectivity index (χ4v) is 5.49. The average Bonchev–Trinajstić information content (AvgIpc) is 3.35. The van der Waals surface area contributed by atoms with E-state index in [-0.39, 0.29) is 10.6 Å². The molecule has 2 heterocycles. The van der Waals surface area contributed by atoms with E-state index in [0.29, 0.717) is 30.1 Å². The number of fused-ring (bicyclic) bond motifs is 1. The second-order valence-electron chi connectivity index (χ2n) is 7.73. The summed E-state index contributed by atoms with van der Waals surface area (Å²) in [7, 11) is -3.65. The number of carbonyl (C=O) groups is 1. The molecule has 7 nitrogen and oxygen atoms in total. The molecule has 1 N–H and O–H groups in total. The van der Waals surface area contributed by atoms with E-state index >= 15 is 0 Å². The Bertz CT molecular complexity index is 1400. The maximum Gasteiger partial charge on any atom is 0.277 e. The van der Waals surface area contributed by atoms with Crippen LogP contribution in [-0.4, -0.2) is 26.0 Å². The van der Waals surface area contributed by atoms with Crippen molar-refractivity contribution in [2.45, 2.75) is 17.7 Å². The molecule has 33 heavy (non-hydrogen) atoms. The van der Waals surface area contributed by atoms with E-state index in [4.69, 9.17) is 4.52 Å². The summed E-state index contributed by atoms with van der Waals surface area (Å²) in [5.41, 5.74) is 3.07. The number of sulfonamides is 1. The zero-order chi connectivity index (χ0) is 22.8. The van der Waals surface area contributed by atoms with E-state index in [1.54, 1.807) is 48.5 Å². The highest BCUT2D eigenvalue weighted by atomic mass is 32.2. The second kappa shape index (κ2) is 8.55. The number of aryl methyl sites for hydroxylation is 1. The largest absolute Gasteiger partial charge is 0.355 e. The van der Waals surface area contributed by atoms with Crippen LogP contribution in [0.2, 0.25) is 0 Å². The predicted octanol–water partition coefficient (Wildman–Crippen LogP) is 4.74. The normalized spacial score (nSPS) is 13.4. The van der Waals surface area contributed by atoms with Gasteiger partial charge in [-0.05, 0) is 48.7 Å². The van der Waals surface area contributed by atoms with E-state index < -0.39 is 15.9 Å². The van der Waals surface area contributed by atoms with Gasteiger partial charge in [-0.25, -0.2) is 8.42 Å². The molecule has 1 aliphatic rings. The van der Waals surface area contributed by atoms with Gasteiger partial charge in [-0.3, -0.25) is 9.10 Å². The molecule has 166 valence electrons. The number of aromatic nitrogens is 1. The highest BCUT2D eigenvalue weighted by Gasteiger charge is 2.29. The Labute approximate surface area is 191 Å². The molecule has 0 aliphatic carbocycles. The average molecular weight is 460 g/mol. The molecule has 1 aromatic heterocycles. The molecule has 3 aromatic carbocycles. The molecule has 0 spiro atoms. The lowest BCUT2D eigenvalue weighted by molar-refractivity contribution is 0.101. The predicted molar refractivity (Wildman–Crippen MR) is 126 cm³/mol. The van der Waals surface area contributed by atoms with Crippen molar-refractivity contribution in [1.29, 1.82) is 0 Å². The molecular formula is C25H21N3O4S. The Hall–Kier alpha value is -3.91. The topological polar surface area (TPSA) is 92.5 Å². The van der Waals surface area contributed by atoms with Crippen LogP contribution in [0.5, 0.6) is 0 Å². The van der Waals surface area contributed by atoms with Crippen molar-refractivity contribution in [3.8, 4) is 11.3 Å². The third-order valence-electron chi connectivity index (χ3n) is 5.55. The Kier molecular flexibility index (Phi) is 5.43. The van der Waals surface area contributed by atoms with Crippen molar-refractivity contribution in [3.63, 3.8) is 0 Å². The molecule has 0 atom stereocenters. The lowest BCUT2D eigenvalue weighted by Gasteiger charge is -2.30. The summed E-state index contributed by atoms with van der Waals surface area (Å²) in [6.45, 7) is 0.414. The number of hydrogen-bond acceptors (Lipinski definition) is 5. The summed E-state index contributed by atoms with van der Waals surface area (Å²) >= 11 is 0. The van der Waals surface area contributed by atoms with Crippen LogP contribution in [0, 0.1) is 0 Å². The smallest absolute Gasteiger partial charge is 0.277 e. The molecule has 0 saturated carbocycles. The summed E-state index contributed by atoms with van der Waals surface area (Å²) in [6.07, 6.45) is 1.42. The first kappa shape index (κ1) is 21.0. The second-order valence-corrected chi connectivity index (χ2v) is 9.60. The maximum atomic E-state index is 13.2. The molecule has 1 amide bonds. The Morgan fingerprint density at radius 2 is 1.67 bits per heavy atom. The molecule has 0 saturated heterocycles. The first-order chi connectivity index (χ1) is 16.0. The van der Waals surface area contributed by atoms with Crippen LogP contribution in [0.4, 0.5) is 11.4 Å². The summed E-state index contributed by atoms with van der Waals surface area (Å²) in [5.74, 6) is 0.110. The fourth-order valence-electron chi connectivity index (χ4n) is 3.93. The molecular weight excluding hydrogens is 438 g/mol. The van der Waals surface area contributed by atoms with E-state index in [0.717, 1.165) is 17.5 Å². The number of benzene rings is 3. The van der Waals surface area contributed by atoms with Crippen molar-refractivity contribution < 1.29 is 17.7 Å². The van der Waals surface area contributed by atoms with Gasteiger partial charge in [-0.1, -0.05) is 53.7 Å². The van der Waals surface area contributed by atoms with Gasteiger partial charge in [0.15, 0.2) is 11.5 Å². The first-order valence-corrected chi connectivity index (χ1v) is 12.0. The van der Waals surface area contributed by atoms with E-state index in [1.165, 1.54) is 4.31 Å². The molecule has 0 radical (unpaired) electrons. The third kappa shape index (κ3) is 4.12. The van der Waals surface area contributed by atoms with E-state index in [1.807, 2.05) is 36.4 Å². The van der Waals surface area contributed by atoms with Crippen molar-refractivity contribution in [1.82, 2.24) is 5.16 Å². The van der Waals surface area contributed by atoms with Gasteiger partial charge in [0.2, 0.25) is 0 Å². The quantitative estimate of drug-likeness (QED) is 0.466. The molecule has 8 heteroatoms. The number of amides is 1. The van der Waals surface area contributed by atoms with Crippen LogP contribution < -0.4 is 9.62 Å². The van der Waals surface area contributed by atoms with Gasteiger partial charge in [0.05, 0.1) is 10.6 Å². The van der Waals surface area contributed by atoms with E-state index in [9.17, 15) is 13.2 Å². The van der Waals surface area contributed by atoms with Gasteiger partial charge in [0, 0.05) is 23.9 Å². The summed E-state index contributed by atoms with van der Waals surface area (Å²) in [5, 5.41) is 6.71. The van der Waals surface area contributed by atoms with Crippen LogP contribution >= 0.6 is 0 Å². The third-order valence-corrected chi connectivity index (χ3v) is 7.37. The van der Waals surface area contributed by atoms with Gasteiger partial charge in [0.1, 0.15) is 0 Å². The van der Waals surface area contributed by atoms with E-state index in [2.05, 4.69) is 10.5 Å². The monoisotopic (exact) mass is 459 g/mol. The van der Waals surface area contributed by atoms with Crippen LogP contribution in [0.25, 0.3) is 11.3 Å². The lowest BCUT2D eigenvalue weighted by Crippen LogP contribution is -2.35. The standard InChI is InChI=1S/C25H21N3O4S/c29-25(22-17-24(32-27-22)18-8-3-1-4-9-18)26-20-13-14-23-19(16-20)10-7-15-28(23)33(30,31)21-11-5-2-6-12-21/h1-6,8-9,11-14,16-17H,7,10,15H2,(H,26,29). The van der Waals surface area contributed by atoms with Gasteiger partial charge in [-0.15, -0.1) is 0 Å².